The van der Waals surface area contributed by atoms with Crippen molar-refractivity contribution in [3.8, 4) is 5.75 Å². The van der Waals surface area contributed by atoms with Crippen molar-refractivity contribution in [2.75, 3.05) is 20.2 Å². The van der Waals surface area contributed by atoms with Crippen LogP contribution in [0.3, 0.4) is 0 Å². The van der Waals surface area contributed by atoms with E-state index in [0.29, 0.717) is 0 Å². The van der Waals surface area contributed by atoms with Gasteiger partial charge in [-0.15, -0.1) is 0 Å². The molecule has 9 heteroatoms. The van der Waals surface area contributed by atoms with E-state index in [4.69, 9.17) is 10.5 Å². The molecular weight excluding hydrogens is 274 g/mol. The summed E-state index contributed by atoms with van der Waals surface area (Å²) in [5.41, 5.74) is 5.25. The fraction of sp³-hybridized carbons (Fsp3) is 0.400. The third kappa shape index (κ3) is 2.39. The summed E-state index contributed by atoms with van der Waals surface area (Å²) in [6, 6.07) is 3.27. The lowest BCUT2D eigenvalue weighted by molar-refractivity contribution is -0.385. The first kappa shape index (κ1) is 13.7. The molecule has 0 amide bonds. The summed E-state index contributed by atoms with van der Waals surface area (Å²) in [4.78, 5) is 9.86. The highest BCUT2D eigenvalue weighted by molar-refractivity contribution is 7.89. The van der Waals surface area contributed by atoms with Gasteiger partial charge >= 0.3 is 0 Å². The molecule has 0 spiro atoms. The number of ether oxygens (including phenoxy) is 1. The van der Waals surface area contributed by atoms with Crippen LogP contribution in [0.5, 0.6) is 5.75 Å². The van der Waals surface area contributed by atoms with Crippen molar-refractivity contribution < 1.29 is 18.1 Å². The maximum atomic E-state index is 12.3. The highest BCUT2D eigenvalue weighted by atomic mass is 32.2. The Hall–Kier alpha value is -1.71. The Morgan fingerprint density at radius 3 is 2.58 bits per heavy atom. The van der Waals surface area contributed by atoms with Crippen LogP contribution in [0.4, 0.5) is 5.69 Å². The molecule has 0 saturated carbocycles. The summed E-state index contributed by atoms with van der Waals surface area (Å²) < 4.78 is 30.7. The maximum Gasteiger partial charge on any atom is 0.271 e. The molecule has 0 bridgehead atoms. The average Bonchev–Trinajstić information content (AvgIpc) is 2.34. The van der Waals surface area contributed by atoms with E-state index >= 15 is 0 Å². The Bertz CT molecular complexity index is 610. The van der Waals surface area contributed by atoms with Crippen LogP contribution in [0.2, 0.25) is 0 Å². The zero-order valence-electron chi connectivity index (χ0n) is 10.1. The van der Waals surface area contributed by atoms with Gasteiger partial charge in [0.05, 0.1) is 12.0 Å². The lowest BCUT2D eigenvalue weighted by Crippen LogP contribution is -2.57. The van der Waals surface area contributed by atoms with Gasteiger partial charge in [-0.1, -0.05) is 0 Å². The molecule has 2 rings (SSSR count). The molecule has 104 valence electrons. The first-order valence-corrected chi connectivity index (χ1v) is 6.88. The topological polar surface area (TPSA) is 116 Å². The zero-order valence-corrected chi connectivity index (χ0v) is 11.0. The van der Waals surface area contributed by atoms with Crippen LogP contribution in [-0.2, 0) is 10.0 Å². The lowest BCUT2D eigenvalue weighted by atomic mass is 10.2. The van der Waals surface area contributed by atoms with Crippen molar-refractivity contribution in [1.29, 1.82) is 0 Å². The SMILES string of the molecule is COc1ccc([N+](=O)[O-])cc1S(=O)(=O)N1CC(N)C1. The molecule has 1 aliphatic rings. The van der Waals surface area contributed by atoms with Crippen LogP contribution in [0.1, 0.15) is 0 Å². The van der Waals surface area contributed by atoms with Gasteiger partial charge in [0.15, 0.2) is 0 Å². The summed E-state index contributed by atoms with van der Waals surface area (Å²) in [5, 5.41) is 10.7. The molecule has 19 heavy (non-hydrogen) atoms. The standard InChI is InChI=1S/C10H13N3O5S/c1-18-9-3-2-8(13(14)15)4-10(9)19(16,17)12-5-7(11)6-12/h2-4,7H,5-6,11H2,1H3. The summed E-state index contributed by atoms with van der Waals surface area (Å²) in [7, 11) is -2.50. The van der Waals surface area contributed by atoms with Gasteiger partial charge < -0.3 is 10.5 Å². The molecule has 1 aromatic rings. The third-order valence-corrected chi connectivity index (χ3v) is 4.70. The molecule has 0 atom stereocenters. The number of benzene rings is 1. The van der Waals surface area contributed by atoms with Gasteiger partial charge in [0.2, 0.25) is 10.0 Å². The number of nitrogens with zero attached hydrogens (tertiary/aromatic N) is 2. The second kappa shape index (κ2) is 4.76. The summed E-state index contributed by atoms with van der Waals surface area (Å²) >= 11 is 0. The van der Waals surface area contributed by atoms with E-state index in [1.165, 1.54) is 23.5 Å². The van der Waals surface area contributed by atoms with E-state index in [1.54, 1.807) is 0 Å². The number of sulfonamides is 1. The highest BCUT2D eigenvalue weighted by Crippen LogP contribution is 2.32. The van der Waals surface area contributed by atoms with Crippen molar-refractivity contribution in [1.82, 2.24) is 4.31 Å². The van der Waals surface area contributed by atoms with Crippen molar-refractivity contribution in [2.45, 2.75) is 10.9 Å². The predicted octanol–water partition coefficient (Wildman–Crippen LogP) is -0.0650. The monoisotopic (exact) mass is 287 g/mol. The Morgan fingerprint density at radius 1 is 1.47 bits per heavy atom. The first-order chi connectivity index (χ1) is 8.86. The molecule has 1 aromatic carbocycles. The zero-order chi connectivity index (χ0) is 14.2. The van der Waals surface area contributed by atoms with Gasteiger partial charge in [0.25, 0.3) is 5.69 Å². The van der Waals surface area contributed by atoms with Crippen molar-refractivity contribution in [2.24, 2.45) is 5.73 Å². The molecular formula is C10H13N3O5S. The highest BCUT2D eigenvalue weighted by Gasteiger charge is 2.37. The average molecular weight is 287 g/mol. The maximum absolute atomic E-state index is 12.3. The smallest absolute Gasteiger partial charge is 0.271 e. The number of nitro benzene ring substituents is 1. The van der Waals surface area contributed by atoms with Gasteiger partial charge in [-0.25, -0.2) is 8.42 Å². The second-order valence-electron chi connectivity index (χ2n) is 4.17. The fourth-order valence-corrected chi connectivity index (χ4v) is 3.51. The fourth-order valence-electron chi connectivity index (χ4n) is 1.79. The number of methoxy groups -OCH3 is 1. The molecule has 1 saturated heterocycles. The minimum atomic E-state index is -3.81. The molecule has 0 radical (unpaired) electrons. The van der Waals surface area contributed by atoms with Crippen molar-refractivity contribution in [3.63, 3.8) is 0 Å². The van der Waals surface area contributed by atoms with Crippen LogP contribution < -0.4 is 10.5 Å². The minimum absolute atomic E-state index is 0.0751. The van der Waals surface area contributed by atoms with Crippen LogP contribution in [0.15, 0.2) is 23.1 Å². The van der Waals surface area contributed by atoms with E-state index in [9.17, 15) is 18.5 Å². The van der Waals surface area contributed by atoms with E-state index in [-0.39, 0.29) is 35.5 Å². The Balaban J connectivity index is 2.47. The molecule has 2 N–H and O–H groups in total. The van der Waals surface area contributed by atoms with Gasteiger partial charge in [0.1, 0.15) is 10.6 Å². The van der Waals surface area contributed by atoms with E-state index in [2.05, 4.69) is 0 Å². The molecule has 1 aliphatic heterocycles. The van der Waals surface area contributed by atoms with E-state index in [1.807, 2.05) is 0 Å². The molecule has 0 unspecified atom stereocenters. The summed E-state index contributed by atoms with van der Waals surface area (Å²) in [5.74, 6) is 0.0751. The number of non-ortho nitro benzene ring substituents is 1. The Morgan fingerprint density at radius 2 is 2.11 bits per heavy atom. The molecule has 1 fully saturated rings. The number of hydrogen-bond donors (Lipinski definition) is 1. The minimum Gasteiger partial charge on any atom is -0.495 e. The molecule has 8 nitrogen and oxygen atoms in total. The molecule has 0 aliphatic carbocycles. The van der Waals surface area contributed by atoms with Crippen molar-refractivity contribution >= 4 is 15.7 Å². The van der Waals surface area contributed by atoms with Crippen LogP contribution >= 0.6 is 0 Å². The Kier molecular flexibility index (Phi) is 3.43. The molecule has 0 aromatic heterocycles. The van der Waals surface area contributed by atoms with Crippen LogP contribution in [0.25, 0.3) is 0 Å². The number of nitrogens with two attached hydrogens (primary N) is 1. The van der Waals surface area contributed by atoms with E-state index < -0.39 is 14.9 Å². The number of hydrogen-bond acceptors (Lipinski definition) is 6. The van der Waals surface area contributed by atoms with Gasteiger partial charge in [0, 0.05) is 31.3 Å². The normalized spacial score (nSPS) is 16.9. The number of rotatable bonds is 4. The first-order valence-electron chi connectivity index (χ1n) is 5.44. The number of nitro groups is 1. The Labute approximate surface area is 110 Å². The quantitative estimate of drug-likeness (QED) is 0.612. The van der Waals surface area contributed by atoms with Gasteiger partial charge in [-0.2, -0.15) is 4.31 Å². The largest absolute Gasteiger partial charge is 0.495 e. The van der Waals surface area contributed by atoms with Gasteiger partial charge in [-0.05, 0) is 6.07 Å². The van der Waals surface area contributed by atoms with E-state index in [0.717, 1.165) is 6.07 Å². The van der Waals surface area contributed by atoms with Gasteiger partial charge in [-0.3, -0.25) is 10.1 Å². The molecule has 1 heterocycles. The van der Waals surface area contributed by atoms with Crippen LogP contribution in [-0.4, -0.2) is 43.9 Å². The lowest BCUT2D eigenvalue weighted by Gasteiger charge is -2.35. The van der Waals surface area contributed by atoms with Crippen LogP contribution in [0, 0.1) is 10.1 Å². The predicted molar refractivity (Wildman–Crippen MR) is 66.4 cm³/mol. The second-order valence-corrected chi connectivity index (χ2v) is 6.08. The van der Waals surface area contributed by atoms with Crippen molar-refractivity contribution in [3.05, 3.63) is 28.3 Å². The summed E-state index contributed by atoms with van der Waals surface area (Å²) in [6.07, 6.45) is 0. The third-order valence-electron chi connectivity index (χ3n) is 2.85. The summed E-state index contributed by atoms with van der Waals surface area (Å²) in [6.45, 7) is 0.405.